The van der Waals surface area contributed by atoms with Gasteiger partial charge in [-0.25, -0.2) is 0 Å². The number of aryl methyl sites for hydroxylation is 1. The largest absolute Gasteiger partial charge is 0.335 e. The third-order valence-corrected chi connectivity index (χ3v) is 6.75. The summed E-state index contributed by atoms with van der Waals surface area (Å²) < 4.78 is 0. The minimum absolute atomic E-state index is 0.0710. The summed E-state index contributed by atoms with van der Waals surface area (Å²) in [6.45, 7) is 4.21. The molecule has 1 amide bonds. The van der Waals surface area contributed by atoms with Gasteiger partial charge in [0.1, 0.15) is 16.2 Å². The smallest absolute Gasteiger partial charge is 0.234 e. The highest BCUT2D eigenvalue weighted by molar-refractivity contribution is 8.00. The SMILES string of the molecule is CCC1=NC(SCC(=O)Nc2cc(Cl)ccc2Cl)c2cc(CC)sc2N1. The summed E-state index contributed by atoms with van der Waals surface area (Å²) in [4.78, 5) is 18.4. The van der Waals surface area contributed by atoms with Gasteiger partial charge in [0.05, 0.1) is 16.5 Å². The fourth-order valence-corrected chi connectivity index (χ4v) is 4.94. The van der Waals surface area contributed by atoms with E-state index in [1.165, 1.54) is 16.6 Å². The Labute approximate surface area is 171 Å². The lowest BCUT2D eigenvalue weighted by atomic mass is 10.2. The molecule has 3 rings (SSSR count). The molecule has 0 aliphatic carbocycles. The zero-order valence-electron chi connectivity index (χ0n) is 14.4. The molecule has 26 heavy (non-hydrogen) atoms. The van der Waals surface area contributed by atoms with Gasteiger partial charge in [-0.2, -0.15) is 0 Å². The Bertz CT molecular complexity index is 851. The van der Waals surface area contributed by atoms with Crippen molar-refractivity contribution in [2.24, 2.45) is 4.99 Å². The number of carbonyl (C=O) groups is 1. The molecule has 4 nitrogen and oxygen atoms in total. The quantitative estimate of drug-likeness (QED) is 0.574. The summed E-state index contributed by atoms with van der Waals surface area (Å²) in [5, 5.41) is 8.28. The summed E-state index contributed by atoms with van der Waals surface area (Å²) in [5.41, 5.74) is 1.68. The molecule has 0 spiro atoms. The number of nitrogens with zero attached hydrogens (tertiary/aromatic N) is 1. The van der Waals surface area contributed by atoms with Gasteiger partial charge in [-0.1, -0.05) is 37.0 Å². The zero-order valence-corrected chi connectivity index (χ0v) is 17.6. The number of benzene rings is 1. The molecule has 2 heterocycles. The van der Waals surface area contributed by atoms with Crippen molar-refractivity contribution in [3.05, 3.63) is 44.8 Å². The number of hydrogen-bond donors (Lipinski definition) is 2. The first-order valence-electron chi connectivity index (χ1n) is 8.33. The monoisotopic (exact) mass is 427 g/mol. The van der Waals surface area contributed by atoms with Crippen LogP contribution in [0.15, 0.2) is 29.3 Å². The van der Waals surface area contributed by atoms with Crippen molar-refractivity contribution in [3.63, 3.8) is 0 Å². The number of thiophene rings is 1. The molecule has 0 fully saturated rings. The minimum atomic E-state index is -0.126. The lowest BCUT2D eigenvalue weighted by Crippen LogP contribution is -2.19. The number of carbonyl (C=O) groups excluding carboxylic acids is 1. The highest BCUT2D eigenvalue weighted by Crippen LogP contribution is 2.43. The molecule has 1 aliphatic heterocycles. The second-order valence-electron chi connectivity index (χ2n) is 5.74. The molecule has 8 heteroatoms. The average Bonchev–Trinajstić information content (AvgIpc) is 3.06. The molecule has 0 radical (unpaired) electrons. The highest BCUT2D eigenvalue weighted by atomic mass is 35.5. The van der Waals surface area contributed by atoms with E-state index in [0.717, 1.165) is 29.2 Å². The Balaban J connectivity index is 1.68. The number of anilines is 2. The average molecular weight is 428 g/mol. The molecule has 2 N–H and O–H groups in total. The van der Waals surface area contributed by atoms with Crippen LogP contribution in [0.5, 0.6) is 0 Å². The number of aliphatic imine (C=N–C) groups is 1. The Kier molecular flexibility index (Phi) is 6.51. The highest BCUT2D eigenvalue weighted by Gasteiger charge is 2.24. The van der Waals surface area contributed by atoms with Gasteiger partial charge in [0.25, 0.3) is 0 Å². The Morgan fingerprint density at radius 1 is 1.31 bits per heavy atom. The molecule has 0 saturated heterocycles. The summed E-state index contributed by atoms with van der Waals surface area (Å²) >= 11 is 15.3. The predicted molar refractivity (Wildman–Crippen MR) is 115 cm³/mol. The molecule has 2 aromatic rings. The fourth-order valence-electron chi connectivity index (χ4n) is 2.53. The lowest BCUT2D eigenvalue weighted by Gasteiger charge is -2.21. The van der Waals surface area contributed by atoms with E-state index >= 15 is 0 Å². The van der Waals surface area contributed by atoms with Crippen molar-refractivity contribution >= 4 is 68.7 Å². The second kappa shape index (κ2) is 8.65. The molecule has 1 aliphatic rings. The first-order valence-corrected chi connectivity index (χ1v) is 10.9. The first-order chi connectivity index (χ1) is 12.5. The van der Waals surface area contributed by atoms with Crippen LogP contribution in [0.2, 0.25) is 10.0 Å². The van der Waals surface area contributed by atoms with E-state index in [1.54, 1.807) is 29.5 Å². The molecule has 0 bridgehead atoms. The molecular formula is C18H19Cl2N3OS2. The number of hydrogen-bond acceptors (Lipinski definition) is 5. The molecule has 0 saturated carbocycles. The van der Waals surface area contributed by atoms with Crippen LogP contribution in [0.4, 0.5) is 10.7 Å². The van der Waals surface area contributed by atoms with Gasteiger partial charge in [-0.05, 0) is 30.7 Å². The van der Waals surface area contributed by atoms with Gasteiger partial charge < -0.3 is 10.6 Å². The summed E-state index contributed by atoms with van der Waals surface area (Å²) in [7, 11) is 0. The summed E-state index contributed by atoms with van der Waals surface area (Å²) in [5.74, 6) is 1.11. The Morgan fingerprint density at radius 3 is 2.85 bits per heavy atom. The van der Waals surface area contributed by atoms with Gasteiger partial charge >= 0.3 is 0 Å². The first kappa shape index (κ1) is 19.5. The standard InChI is InChI=1S/C18H19Cl2N3OS2/c1-3-11-8-12-17(22-15(4-2)23-18(12)26-11)25-9-16(24)21-14-7-10(19)5-6-13(14)20/h5-8,17H,3-4,9H2,1-2H3,(H,21,24)(H,22,23). The van der Waals surface area contributed by atoms with E-state index < -0.39 is 0 Å². The fraction of sp³-hybridized carbons (Fsp3) is 0.333. The summed E-state index contributed by atoms with van der Waals surface area (Å²) in [6.07, 6.45) is 1.83. The number of nitrogens with one attached hydrogen (secondary N) is 2. The maximum Gasteiger partial charge on any atom is 0.234 e. The molecule has 1 atom stereocenters. The van der Waals surface area contributed by atoms with Crippen LogP contribution in [0.3, 0.4) is 0 Å². The Hall–Kier alpha value is -1.21. The van der Waals surface area contributed by atoms with Crippen molar-refractivity contribution in [1.82, 2.24) is 0 Å². The number of rotatable bonds is 6. The van der Waals surface area contributed by atoms with Crippen LogP contribution in [0.25, 0.3) is 0 Å². The van der Waals surface area contributed by atoms with E-state index in [1.807, 2.05) is 0 Å². The third-order valence-electron chi connectivity index (χ3n) is 3.87. The lowest BCUT2D eigenvalue weighted by molar-refractivity contribution is -0.113. The topological polar surface area (TPSA) is 53.5 Å². The summed E-state index contributed by atoms with van der Waals surface area (Å²) in [6, 6.07) is 7.19. The van der Waals surface area contributed by atoms with Gasteiger partial charge in [-0.3, -0.25) is 9.79 Å². The normalized spacial score (nSPS) is 15.8. The van der Waals surface area contributed by atoms with Crippen LogP contribution in [-0.2, 0) is 11.2 Å². The molecule has 1 aromatic carbocycles. The van der Waals surface area contributed by atoms with Crippen LogP contribution >= 0.6 is 46.3 Å². The minimum Gasteiger partial charge on any atom is -0.335 e. The third kappa shape index (κ3) is 4.55. The predicted octanol–water partition coefficient (Wildman–Crippen LogP) is 6.22. The molecular weight excluding hydrogens is 409 g/mol. The van der Waals surface area contributed by atoms with E-state index in [9.17, 15) is 4.79 Å². The van der Waals surface area contributed by atoms with Gasteiger partial charge in [-0.15, -0.1) is 23.1 Å². The van der Waals surface area contributed by atoms with Crippen molar-refractivity contribution in [2.75, 3.05) is 16.4 Å². The molecule has 1 aromatic heterocycles. The van der Waals surface area contributed by atoms with E-state index in [2.05, 4.69) is 30.5 Å². The maximum absolute atomic E-state index is 12.3. The van der Waals surface area contributed by atoms with Crippen molar-refractivity contribution in [3.8, 4) is 0 Å². The van der Waals surface area contributed by atoms with E-state index in [-0.39, 0.29) is 17.0 Å². The number of thioether (sulfide) groups is 1. The van der Waals surface area contributed by atoms with Crippen molar-refractivity contribution < 1.29 is 4.79 Å². The van der Waals surface area contributed by atoms with Crippen LogP contribution in [0, 0.1) is 0 Å². The Morgan fingerprint density at radius 2 is 2.12 bits per heavy atom. The van der Waals surface area contributed by atoms with E-state index in [0.29, 0.717) is 15.7 Å². The van der Waals surface area contributed by atoms with Crippen LogP contribution < -0.4 is 10.6 Å². The van der Waals surface area contributed by atoms with Gasteiger partial charge in [0, 0.05) is 21.9 Å². The maximum atomic E-state index is 12.3. The molecule has 138 valence electrons. The molecule has 1 unspecified atom stereocenters. The number of amidine groups is 1. The van der Waals surface area contributed by atoms with E-state index in [4.69, 9.17) is 28.2 Å². The zero-order chi connectivity index (χ0) is 18.7. The van der Waals surface area contributed by atoms with Crippen molar-refractivity contribution in [1.29, 1.82) is 0 Å². The number of fused-ring (bicyclic) bond motifs is 1. The van der Waals surface area contributed by atoms with Gasteiger partial charge in [0.2, 0.25) is 5.91 Å². The second-order valence-corrected chi connectivity index (χ2v) is 8.79. The van der Waals surface area contributed by atoms with Crippen molar-refractivity contribution in [2.45, 2.75) is 32.1 Å². The van der Waals surface area contributed by atoms with Crippen LogP contribution in [-0.4, -0.2) is 17.5 Å². The number of amides is 1. The van der Waals surface area contributed by atoms with Gasteiger partial charge in [0.15, 0.2) is 0 Å². The van der Waals surface area contributed by atoms with Crippen LogP contribution in [0.1, 0.15) is 36.1 Å². The number of halogens is 2.